The van der Waals surface area contributed by atoms with Crippen LogP contribution in [0.3, 0.4) is 0 Å². The molecule has 0 saturated carbocycles. The number of ether oxygens (including phenoxy) is 1. The Balaban J connectivity index is 1.53. The smallest absolute Gasteiger partial charge is 0.332 e. The van der Waals surface area contributed by atoms with E-state index in [-0.39, 0.29) is 11.3 Å². The van der Waals surface area contributed by atoms with Crippen LogP contribution in [0.15, 0.2) is 59.5 Å². The number of nitrogens with zero attached hydrogens (tertiary/aromatic N) is 4. The second-order valence-electron chi connectivity index (χ2n) is 9.51. The van der Waals surface area contributed by atoms with Crippen LogP contribution in [0.4, 0.5) is 5.69 Å². The van der Waals surface area contributed by atoms with Crippen molar-refractivity contribution in [1.29, 1.82) is 0 Å². The Bertz CT molecular complexity index is 1140. The van der Waals surface area contributed by atoms with Crippen LogP contribution in [-0.2, 0) is 23.3 Å². The van der Waals surface area contributed by atoms with Crippen molar-refractivity contribution in [3.8, 4) is 5.69 Å². The number of hydrogen-bond donors (Lipinski definition) is 0. The molecule has 1 aromatic heterocycles. The first-order valence-electron chi connectivity index (χ1n) is 11.8. The molecule has 176 valence electrons. The summed E-state index contributed by atoms with van der Waals surface area (Å²) < 4.78 is 9.20. The van der Waals surface area contributed by atoms with Gasteiger partial charge in [0.05, 0.1) is 11.3 Å². The van der Waals surface area contributed by atoms with Gasteiger partial charge in [-0.25, -0.2) is 4.79 Å². The third-order valence-corrected chi connectivity index (χ3v) is 6.92. The molecular weight excluding hydrogens is 412 g/mol. The highest BCUT2D eigenvalue weighted by atomic mass is 16.5. The van der Waals surface area contributed by atoms with E-state index in [1.807, 2.05) is 55.8 Å². The van der Waals surface area contributed by atoms with Crippen LogP contribution in [0.2, 0.25) is 0 Å². The number of hydrogen-bond acceptors (Lipinski definition) is 4. The van der Waals surface area contributed by atoms with Gasteiger partial charge in [0, 0.05) is 57.4 Å². The maximum absolute atomic E-state index is 13.3. The summed E-state index contributed by atoms with van der Waals surface area (Å²) in [4.78, 5) is 18.1. The summed E-state index contributed by atoms with van der Waals surface area (Å²) in [6.45, 7) is 11.0. The van der Waals surface area contributed by atoms with Crippen molar-refractivity contribution < 1.29 is 4.74 Å². The van der Waals surface area contributed by atoms with E-state index in [0.717, 1.165) is 49.5 Å². The maximum atomic E-state index is 13.3. The molecule has 0 spiro atoms. The van der Waals surface area contributed by atoms with Crippen LogP contribution in [-0.4, -0.2) is 54.4 Å². The molecule has 4 rings (SSSR count). The van der Waals surface area contributed by atoms with Gasteiger partial charge in [-0.2, -0.15) is 0 Å². The van der Waals surface area contributed by atoms with Gasteiger partial charge >= 0.3 is 5.69 Å². The first kappa shape index (κ1) is 23.3. The summed E-state index contributed by atoms with van der Waals surface area (Å²) in [6.07, 6.45) is 2.79. The second-order valence-corrected chi connectivity index (χ2v) is 9.51. The summed E-state index contributed by atoms with van der Waals surface area (Å²) in [5.41, 5.74) is 5.14. The molecule has 1 fully saturated rings. The van der Waals surface area contributed by atoms with Crippen molar-refractivity contribution in [2.45, 2.75) is 39.3 Å². The van der Waals surface area contributed by atoms with E-state index in [0.29, 0.717) is 6.54 Å². The van der Waals surface area contributed by atoms with Gasteiger partial charge in [0.15, 0.2) is 0 Å². The predicted molar refractivity (Wildman–Crippen MR) is 135 cm³/mol. The molecule has 0 N–H and O–H groups in total. The van der Waals surface area contributed by atoms with E-state index < -0.39 is 0 Å². The standard InChI is InChI=1S/C27H36N4O2/c1-21-20-30(26(32)31(21)24-12-10-23(11-13-24)27(2,3)33-5)15-14-22-8-6-7-9-25(22)29-18-16-28(4)17-19-29/h6-13,20H,14-19H2,1-5H3. The number of likely N-dealkylation sites (N-methyl/N-ethyl adjacent to an activating group) is 1. The Kier molecular flexibility index (Phi) is 6.77. The van der Waals surface area contributed by atoms with Crippen LogP contribution in [0, 0.1) is 6.92 Å². The van der Waals surface area contributed by atoms with Crippen molar-refractivity contribution in [3.63, 3.8) is 0 Å². The highest BCUT2D eigenvalue weighted by Gasteiger charge is 2.20. The fourth-order valence-corrected chi connectivity index (χ4v) is 4.54. The van der Waals surface area contributed by atoms with Gasteiger partial charge in [0.2, 0.25) is 0 Å². The average Bonchev–Trinajstić information content (AvgIpc) is 3.11. The molecule has 33 heavy (non-hydrogen) atoms. The molecule has 0 radical (unpaired) electrons. The predicted octanol–water partition coefficient (Wildman–Crippen LogP) is 3.82. The zero-order valence-corrected chi connectivity index (χ0v) is 20.5. The Morgan fingerprint density at radius 2 is 1.64 bits per heavy atom. The molecule has 2 aromatic carbocycles. The van der Waals surface area contributed by atoms with E-state index in [1.165, 1.54) is 11.3 Å². The number of aryl methyl sites for hydroxylation is 3. The number of rotatable bonds is 7. The normalized spacial score (nSPS) is 15.2. The van der Waals surface area contributed by atoms with Crippen molar-refractivity contribution in [3.05, 3.63) is 82.0 Å². The monoisotopic (exact) mass is 448 g/mol. The number of imidazole rings is 1. The SMILES string of the molecule is COC(C)(C)c1ccc(-n2c(C)cn(CCc3ccccc3N3CCN(C)CC3)c2=O)cc1. The third-order valence-electron chi connectivity index (χ3n) is 6.92. The molecule has 1 saturated heterocycles. The molecule has 0 amide bonds. The largest absolute Gasteiger partial charge is 0.374 e. The van der Waals surface area contributed by atoms with Crippen LogP contribution >= 0.6 is 0 Å². The lowest BCUT2D eigenvalue weighted by molar-refractivity contribution is 0.0192. The molecule has 0 unspecified atom stereocenters. The highest BCUT2D eigenvalue weighted by Crippen LogP contribution is 2.25. The fraction of sp³-hybridized carbons (Fsp3) is 0.444. The van der Waals surface area contributed by atoms with Crippen molar-refractivity contribution in [1.82, 2.24) is 14.0 Å². The Morgan fingerprint density at radius 1 is 0.970 bits per heavy atom. The van der Waals surface area contributed by atoms with E-state index >= 15 is 0 Å². The molecule has 6 heteroatoms. The van der Waals surface area contributed by atoms with E-state index in [2.05, 4.69) is 41.1 Å². The number of para-hydroxylation sites is 1. The quantitative estimate of drug-likeness (QED) is 0.551. The lowest BCUT2D eigenvalue weighted by atomic mass is 9.98. The number of methoxy groups -OCH3 is 1. The first-order valence-corrected chi connectivity index (χ1v) is 11.8. The van der Waals surface area contributed by atoms with E-state index in [4.69, 9.17) is 4.74 Å². The van der Waals surface area contributed by atoms with Crippen molar-refractivity contribution in [2.75, 3.05) is 45.2 Å². The number of piperazine rings is 1. The Morgan fingerprint density at radius 3 is 2.30 bits per heavy atom. The van der Waals surface area contributed by atoms with E-state index in [1.54, 1.807) is 11.7 Å². The molecule has 1 aliphatic rings. The Hall–Kier alpha value is -2.83. The molecule has 0 atom stereocenters. The number of benzene rings is 2. The lowest BCUT2D eigenvalue weighted by Crippen LogP contribution is -2.44. The van der Waals surface area contributed by atoms with Gasteiger partial charge in [-0.1, -0.05) is 30.3 Å². The molecule has 0 aliphatic carbocycles. The van der Waals surface area contributed by atoms with Crippen molar-refractivity contribution >= 4 is 5.69 Å². The van der Waals surface area contributed by atoms with Crippen LogP contribution in [0.25, 0.3) is 5.69 Å². The zero-order chi connectivity index (χ0) is 23.6. The molecule has 0 bridgehead atoms. The summed E-state index contributed by atoms with van der Waals surface area (Å²) in [5.74, 6) is 0. The van der Waals surface area contributed by atoms with Gasteiger partial charge in [-0.05, 0) is 63.6 Å². The summed E-state index contributed by atoms with van der Waals surface area (Å²) in [5, 5.41) is 0. The molecule has 1 aliphatic heterocycles. The molecule has 6 nitrogen and oxygen atoms in total. The van der Waals surface area contributed by atoms with Crippen LogP contribution in [0.5, 0.6) is 0 Å². The number of aromatic nitrogens is 2. The minimum atomic E-state index is -0.359. The zero-order valence-electron chi connectivity index (χ0n) is 20.5. The van der Waals surface area contributed by atoms with Crippen LogP contribution in [0.1, 0.15) is 30.7 Å². The van der Waals surface area contributed by atoms with Gasteiger partial charge in [-0.3, -0.25) is 9.13 Å². The third kappa shape index (κ3) is 4.92. The molecule has 3 aromatic rings. The van der Waals surface area contributed by atoms with Crippen LogP contribution < -0.4 is 10.6 Å². The first-order chi connectivity index (χ1) is 15.8. The summed E-state index contributed by atoms with van der Waals surface area (Å²) in [7, 11) is 3.89. The van der Waals surface area contributed by atoms with Gasteiger partial charge in [0.25, 0.3) is 0 Å². The maximum Gasteiger partial charge on any atom is 0.332 e. The van der Waals surface area contributed by atoms with Gasteiger partial charge in [-0.15, -0.1) is 0 Å². The molecule has 2 heterocycles. The summed E-state index contributed by atoms with van der Waals surface area (Å²) >= 11 is 0. The fourth-order valence-electron chi connectivity index (χ4n) is 4.54. The Labute approximate surface area is 197 Å². The number of anilines is 1. The molecular formula is C27H36N4O2. The van der Waals surface area contributed by atoms with Gasteiger partial charge < -0.3 is 14.5 Å². The minimum absolute atomic E-state index is 0.00308. The van der Waals surface area contributed by atoms with E-state index in [9.17, 15) is 4.79 Å². The average molecular weight is 449 g/mol. The summed E-state index contributed by atoms with van der Waals surface area (Å²) in [6, 6.07) is 16.7. The van der Waals surface area contributed by atoms with Gasteiger partial charge in [0.1, 0.15) is 0 Å². The van der Waals surface area contributed by atoms with Crippen molar-refractivity contribution in [2.24, 2.45) is 0 Å². The highest BCUT2D eigenvalue weighted by molar-refractivity contribution is 5.54. The lowest BCUT2D eigenvalue weighted by Gasteiger charge is -2.35. The topological polar surface area (TPSA) is 42.6 Å². The second kappa shape index (κ2) is 9.57. The minimum Gasteiger partial charge on any atom is -0.374 e.